The fraction of sp³-hybridized carbons (Fsp3) is 0.471. The first-order chi connectivity index (χ1) is 11.9. The highest BCUT2D eigenvalue weighted by atomic mass is 32.2. The van der Waals surface area contributed by atoms with Crippen molar-refractivity contribution < 1.29 is 18.0 Å². The quantitative estimate of drug-likeness (QED) is 0.873. The number of amides is 2. The third-order valence-electron chi connectivity index (χ3n) is 4.47. The van der Waals surface area contributed by atoms with Gasteiger partial charge in [0.15, 0.2) is 9.84 Å². The summed E-state index contributed by atoms with van der Waals surface area (Å²) in [5, 5.41) is 8.18. The number of carbonyl (C=O) groups is 2. The summed E-state index contributed by atoms with van der Waals surface area (Å²) in [5.74, 6) is -0.615. The minimum absolute atomic E-state index is 0.0578. The van der Waals surface area contributed by atoms with Crippen LogP contribution in [0.3, 0.4) is 0 Å². The SMILES string of the molecule is CCc1cccc(NC(=O)C2=NN([C@H]3CCS(=O)(=O)C3)C(=O)CC2)c1. The Kier molecular flexibility index (Phi) is 4.89. The highest BCUT2D eigenvalue weighted by molar-refractivity contribution is 7.91. The fourth-order valence-corrected chi connectivity index (χ4v) is 4.75. The normalized spacial score (nSPS) is 22.6. The van der Waals surface area contributed by atoms with E-state index in [1.807, 2.05) is 25.1 Å². The van der Waals surface area contributed by atoms with Crippen LogP contribution in [0.4, 0.5) is 5.69 Å². The first kappa shape index (κ1) is 17.6. The molecule has 1 aromatic rings. The summed E-state index contributed by atoms with van der Waals surface area (Å²) in [4.78, 5) is 24.6. The van der Waals surface area contributed by atoms with E-state index in [-0.39, 0.29) is 41.9 Å². The lowest BCUT2D eigenvalue weighted by molar-refractivity contribution is -0.133. The summed E-state index contributed by atoms with van der Waals surface area (Å²) in [6.45, 7) is 2.03. The number of aryl methyl sites for hydroxylation is 1. The maximum Gasteiger partial charge on any atom is 0.271 e. The summed E-state index contributed by atoms with van der Waals surface area (Å²) >= 11 is 0. The lowest BCUT2D eigenvalue weighted by atomic mass is 10.1. The van der Waals surface area contributed by atoms with Gasteiger partial charge in [-0.15, -0.1) is 0 Å². The first-order valence-corrected chi connectivity index (χ1v) is 10.2. The van der Waals surface area contributed by atoms with Crippen molar-refractivity contribution in [3.05, 3.63) is 29.8 Å². The summed E-state index contributed by atoms with van der Waals surface area (Å²) in [6.07, 6.45) is 1.65. The number of sulfone groups is 1. The maximum atomic E-state index is 12.5. The van der Waals surface area contributed by atoms with E-state index < -0.39 is 15.9 Å². The van der Waals surface area contributed by atoms with Crippen LogP contribution in [0.2, 0.25) is 0 Å². The average molecular weight is 363 g/mol. The van der Waals surface area contributed by atoms with Gasteiger partial charge >= 0.3 is 0 Å². The monoisotopic (exact) mass is 363 g/mol. The summed E-state index contributed by atoms with van der Waals surface area (Å²) in [5.41, 5.74) is 2.04. The van der Waals surface area contributed by atoms with Crippen molar-refractivity contribution in [1.82, 2.24) is 5.01 Å². The molecule has 2 aliphatic heterocycles. The van der Waals surface area contributed by atoms with Crippen molar-refractivity contribution in [1.29, 1.82) is 0 Å². The molecule has 1 atom stereocenters. The van der Waals surface area contributed by atoms with Crippen LogP contribution in [-0.4, -0.2) is 48.5 Å². The highest BCUT2D eigenvalue weighted by Crippen LogP contribution is 2.22. The number of anilines is 1. The van der Waals surface area contributed by atoms with Gasteiger partial charge in [0, 0.05) is 18.5 Å². The van der Waals surface area contributed by atoms with Crippen LogP contribution < -0.4 is 5.32 Å². The van der Waals surface area contributed by atoms with E-state index >= 15 is 0 Å². The van der Waals surface area contributed by atoms with E-state index in [9.17, 15) is 18.0 Å². The summed E-state index contributed by atoms with van der Waals surface area (Å²) < 4.78 is 23.3. The van der Waals surface area contributed by atoms with Gasteiger partial charge in [0.05, 0.1) is 17.5 Å². The second-order valence-electron chi connectivity index (χ2n) is 6.35. The molecule has 2 heterocycles. The molecular weight excluding hydrogens is 342 g/mol. The number of hydrazone groups is 1. The second kappa shape index (κ2) is 6.95. The Morgan fingerprint density at radius 1 is 1.36 bits per heavy atom. The van der Waals surface area contributed by atoms with Crippen molar-refractivity contribution in [2.75, 3.05) is 16.8 Å². The molecule has 7 nitrogen and oxygen atoms in total. The first-order valence-electron chi connectivity index (χ1n) is 8.38. The van der Waals surface area contributed by atoms with Crippen LogP contribution in [-0.2, 0) is 25.8 Å². The lowest BCUT2D eigenvalue weighted by Crippen LogP contribution is -2.42. The number of rotatable bonds is 4. The van der Waals surface area contributed by atoms with Crippen LogP contribution in [0.15, 0.2) is 29.4 Å². The third-order valence-corrected chi connectivity index (χ3v) is 6.22. The van der Waals surface area contributed by atoms with Crippen molar-refractivity contribution in [2.24, 2.45) is 5.10 Å². The van der Waals surface area contributed by atoms with E-state index in [4.69, 9.17) is 0 Å². The molecule has 1 fully saturated rings. The molecule has 0 aromatic heterocycles. The minimum atomic E-state index is -3.13. The van der Waals surface area contributed by atoms with Crippen molar-refractivity contribution in [3.63, 3.8) is 0 Å². The van der Waals surface area contributed by atoms with Gasteiger partial charge in [-0.1, -0.05) is 19.1 Å². The molecule has 0 radical (unpaired) electrons. The van der Waals surface area contributed by atoms with Crippen molar-refractivity contribution in [2.45, 2.75) is 38.6 Å². The van der Waals surface area contributed by atoms with Gasteiger partial charge in [-0.3, -0.25) is 9.59 Å². The van der Waals surface area contributed by atoms with E-state index in [2.05, 4.69) is 10.4 Å². The van der Waals surface area contributed by atoms with Crippen LogP contribution in [0.1, 0.15) is 31.7 Å². The zero-order valence-corrected chi connectivity index (χ0v) is 14.9. The van der Waals surface area contributed by atoms with E-state index in [1.54, 1.807) is 6.07 Å². The van der Waals surface area contributed by atoms with Crippen LogP contribution in [0.5, 0.6) is 0 Å². The molecule has 0 unspecified atom stereocenters. The van der Waals surface area contributed by atoms with Crippen LogP contribution in [0, 0.1) is 0 Å². The topological polar surface area (TPSA) is 95.9 Å². The van der Waals surface area contributed by atoms with Gasteiger partial charge in [0.2, 0.25) is 5.91 Å². The predicted molar refractivity (Wildman–Crippen MR) is 95.0 cm³/mol. The van der Waals surface area contributed by atoms with Gasteiger partial charge in [-0.05, 0) is 30.5 Å². The molecule has 2 aliphatic rings. The molecular formula is C17H21N3O4S. The Morgan fingerprint density at radius 2 is 2.16 bits per heavy atom. The minimum Gasteiger partial charge on any atom is -0.321 e. The number of benzene rings is 1. The molecule has 1 aromatic carbocycles. The van der Waals surface area contributed by atoms with Gasteiger partial charge in [0.1, 0.15) is 5.71 Å². The number of hydrogen-bond acceptors (Lipinski definition) is 5. The summed E-state index contributed by atoms with van der Waals surface area (Å²) in [7, 11) is -3.13. The molecule has 2 amide bonds. The Bertz CT molecular complexity index is 832. The predicted octanol–water partition coefficient (Wildman–Crippen LogP) is 1.35. The molecule has 25 heavy (non-hydrogen) atoms. The van der Waals surface area contributed by atoms with Gasteiger partial charge in [-0.25, -0.2) is 13.4 Å². The standard InChI is InChI=1S/C17H21N3O4S/c1-2-12-4-3-5-13(10-12)18-17(22)15-6-7-16(21)20(19-15)14-8-9-25(23,24)11-14/h3-5,10,14H,2,6-9,11H2,1H3,(H,18,22)/t14-/m0/s1. The third kappa shape index (κ3) is 4.07. The number of nitrogens with one attached hydrogen (secondary N) is 1. The lowest BCUT2D eigenvalue weighted by Gasteiger charge is -2.27. The van der Waals surface area contributed by atoms with E-state index in [0.29, 0.717) is 12.1 Å². The summed E-state index contributed by atoms with van der Waals surface area (Å²) in [6, 6.07) is 7.08. The molecule has 0 bridgehead atoms. The van der Waals surface area contributed by atoms with Crippen LogP contribution >= 0.6 is 0 Å². The number of nitrogens with zero attached hydrogens (tertiary/aromatic N) is 2. The molecule has 0 saturated carbocycles. The molecule has 0 aliphatic carbocycles. The number of carbonyl (C=O) groups excluding carboxylic acids is 2. The number of hydrogen-bond donors (Lipinski definition) is 1. The van der Waals surface area contributed by atoms with Gasteiger partial charge < -0.3 is 5.32 Å². The van der Waals surface area contributed by atoms with Gasteiger partial charge in [-0.2, -0.15) is 5.10 Å². The molecule has 3 rings (SSSR count). The Hall–Kier alpha value is -2.22. The highest BCUT2D eigenvalue weighted by Gasteiger charge is 2.37. The Morgan fingerprint density at radius 3 is 2.84 bits per heavy atom. The molecule has 134 valence electrons. The van der Waals surface area contributed by atoms with Crippen LogP contribution in [0.25, 0.3) is 0 Å². The molecule has 8 heteroatoms. The van der Waals surface area contributed by atoms with E-state index in [0.717, 1.165) is 12.0 Å². The molecule has 1 saturated heterocycles. The van der Waals surface area contributed by atoms with Gasteiger partial charge in [0.25, 0.3) is 5.91 Å². The Labute approximate surface area is 147 Å². The Balaban J connectivity index is 1.75. The van der Waals surface area contributed by atoms with Crippen molar-refractivity contribution >= 4 is 33.1 Å². The van der Waals surface area contributed by atoms with E-state index in [1.165, 1.54) is 5.01 Å². The fourth-order valence-electron chi connectivity index (χ4n) is 3.06. The smallest absolute Gasteiger partial charge is 0.271 e. The largest absolute Gasteiger partial charge is 0.321 e. The zero-order valence-electron chi connectivity index (χ0n) is 14.1. The molecule has 0 spiro atoms. The molecule has 1 N–H and O–H groups in total. The van der Waals surface area contributed by atoms with Crippen molar-refractivity contribution in [3.8, 4) is 0 Å². The second-order valence-corrected chi connectivity index (χ2v) is 8.58. The zero-order chi connectivity index (χ0) is 18.0. The average Bonchev–Trinajstić information content (AvgIpc) is 2.95. The maximum absolute atomic E-state index is 12.5.